The van der Waals surface area contributed by atoms with E-state index in [0.29, 0.717) is 24.9 Å². The van der Waals surface area contributed by atoms with Gasteiger partial charge >= 0.3 is 0 Å². The van der Waals surface area contributed by atoms with Crippen molar-refractivity contribution in [2.24, 2.45) is 5.92 Å². The number of rotatable bonds is 7. The maximum Gasteiger partial charge on any atom is 0.240 e. The van der Waals surface area contributed by atoms with Gasteiger partial charge in [0.15, 0.2) is 10.8 Å². The predicted molar refractivity (Wildman–Crippen MR) is 141 cm³/mol. The van der Waals surface area contributed by atoms with Crippen LogP contribution < -0.4 is 5.32 Å². The molecule has 0 unspecified atom stereocenters. The summed E-state index contributed by atoms with van der Waals surface area (Å²) in [6, 6.07) is 10.2. The molecule has 3 aromatic heterocycles. The molecule has 4 heterocycles. The molecule has 1 saturated carbocycles. The molecule has 1 saturated heterocycles. The Bertz CT molecular complexity index is 1360. The number of carbonyl (C=O) groups excluding carboxylic acids is 1. The summed E-state index contributed by atoms with van der Waals surface area (Å²) < 4.78 is 8.22. The van der Waals surface area contributed by atoms with Gasteiger partial charge in [-0.1, -0.05) is 43.4 Å². The third-order valence-corrected chi connectivity index (χ3v) is 8.66. The smallest absolute Gasteiger partial charge is 0.240 e. The average Bonchev–Trinajstić information content (AvgIpc) is 3.48. The summed E-state index contributed by atoms with van der Waals surface area (Å²) >= 11 is 3.02. The number of thiazole rings is 1. The molecule has 1 N–H and O–H groups in total. The lowest BCUT2D eigenvalue weighted by molar-refractivity contribution is -0.118. The Balaban J connectivity index is 1.14. The summed E-state index contributed by atoms with van der Waals surface area (Å²) in [4.78, 5) is 20.2. The van der Waals surface area contributed by atoms with Crippen LogP contribution in [0.15, 0.2) is 40.4 Å². The monoisotopic (exact) mass is 523 g/mol. The van der Waals surface area contributed by atoms with Crippen LogP contribution in [-0.2, 0) is 16.0 Å². The molecule has 1 aromatic carbocycles. The van der Waals surface area contributed by atoms with Crippen molar-refractivity contribution in [1.82, 2.24) is 29.7 Å². The van der Waals surface area contributed by atoms with Crippen molar-refractivity contribution in [2.45, 2.75) is 48.6 Å². The van der Waals surface area contributed by atoms with Gasteiger partial charge in [-0.3, -0.25) is 9.69 Å². The van der Waals surface area contributed by atoms with Gasteiger partial charge in [0.05, 0.1) is 35.7 Å². The van der Waals surface area contributed by atoms with Crippen LogP contribution in [-0.4, -0.2) is 68.5 Å². The topological polar surface area (TPSA) is 97.5 Å². The Kier molecular flexibility index (Phi) is 7.13. The van der Waals surface area contributed by atoms with Gasteiger partial charge in [0, 0.05) is 18.0 Å². The van der Waals surface area contributed by atoms with Gasteiger partial charge < -0.3 is 10.1 Å². The highest BCUT2D eigenvalue weighted by atomic mass is 32.2. The zero-order chi connectivity index (χ0) is 24.3. The highest BCUT2D eigenvalue weighted by Crippen LogP contribution is 2.33. The van der Waals surface area contributed by atoms with E-state index in [2.05, 4.69) is 37.5 Å². The fraction of sp³-hybridized carbons (Fsp3) is 0.480. The first-order chi connectivity index (χ1) is 17.7. The molecule has 0 bridgehead atoms. The molecule has 2 aliphatic rings. The van der Waals surface area contributed by atoms with Crippen LogP contribution in [0.25, 0.3) is 15.9 Å². The summed E-state index contributed by atoms with van der Waals surface area (Å²) in [5.74, 6) is 0.684. The highest BCUT2D eigenvalue weighted by molar-refractivity contribution is 7.99. The Labute approximate surface area is 217 Å². The largest absolute Gasteiger partial charge is 0.379 e. The number of anilines is 1. The van der Waals surface area contributed by atoms with Crippen LogP contribution in [0.2, 0.25) is 0 Å². The van der Waals surface area contributed by atoms with E-state index in [1.807, 2.05) is 22.7 Å². The summed E-state index contributed by atoms with van der Waals surface area (Å²) in [7, 11) is 0. The van der Waals surface area contributed by atoms with E-state index in [-0.39, 0.29) is 5.91 Å². The molecule has 1 aliphatic carbocycles. The molecular formula is C25H29N7O2S2. The molecule has 11 heteroatoms. The highest BCUT2D eigenvalue weighted by Gasteiger charge is 2.18. The number of ether oxygens (including phenoxy) is 1. The molecule has 36 heavy (non-hydrogen) atoms. The lowest BCUT2D eigenvalue weighted by Gasteiger charge is -2.25. The second-order valence-corrected chi connectivity index (χ2v) is 11.5. The summed E-state index contributed by atoms with van der Waals surface area (Å²) in [6.07, 6.45) is 7.65. The molecule has 2 fully saturated rings. The Morgan fingerprint density at radius 3 is 2.83 bits per heavy atom. The number of benzene rings is 1. The molecule has 1 amide bonds. The van der Waals surface area contributed by atoms with Crippen LogP contribution in [0.3, 0.4) is 0 Å². The average molecular weight is 524 g/mol. The van der Waals surface area contributed by atoms with Gasteiger partial charge in [-0.25, -0.2) is 4.98 Å². The van der Waals surface area contributed by atoms with Crippen molar-refractivity contribution >= 4 is 50.0 Å². The minimum atomic E-state index is -0.0458. The maximum atomic E-state index is 12.5. The molecule has 1 aliphatic heterocycles. The van der Waals surface area contributed by atoms with Gasteiger partial charge in [-0.05, 0) is 54.4 Å². The first-order valence-electron chi connectivity index (χ1n) is 12.6. The van der Waals surface area contributed by atoms with E-state index in [0.717, 1.165) is 57.0 Å². The van der Waals surface area contributed by atoms with E-state index < -0.39 is 0 Å². The van der Waals surface area contributed by atoms with Gasteiger partial charge in [0.25, 0.3) is 0 Å². The molecule has 188 valence electrons. The zero-order valence-corrected chi connectivity index (χ0v) is 21.7. The number of hydrogen-bond donors (Lipinski definition) is 1. The van der Waals surface area contributed by atoms with E-state index in [4.69, 9.17) is 9.84 Å². The van der Waals surface area contributed by atoms with Gasteiger partial charge in [-0.2, -0.15) is 9.61 Å². The number of nitrogens with one attached hydrogen (secondary N) is 1. The van der Waals surface area contributed by atoms with Crippen molar-refractivity contribution in [3.8, 4) is 0 Å². The first-order valence-corrected chi connectivity index (χ1v) is 14.2. The van der Waals surface area contributed by atoms with E-state index >= 15 is 0 Å². The summed E-state index contributed by atoms with van der Waals surface area (Å²) in [5, 5.41) is 17.9. The quantitative estimate of drug-likeness (QED) is 0.383. The molecule has 6 rings (SSSR count). The second kappa shape index (κ2) is 10.8. The van der Waals surface area contributed by atoms with Crippen LogP contribution in [0.5, 0.6) is 0 Å². The number of morpholine rings is 1. The Morgan fingerprint density at radius 1 is 1.11 bits per heavy atom. The fourth-order valence-corrected chi connectivity index (χ4v) is 6.74. The van der Waals surface area contributed by atoms with Gasteiger partial charge in [0.1, 0.15) is 0 Å². The predicted octanol–water partition coefficient (Wildman–Crippen LogP) is 4.28. The minimum Gasteiger partial charge on any atom is -0.379 e. The van der Waals surface area contributed by atoms with Crippen LogP contribution >= 0.6 is 23.1 Å². The third kappa shape index (κ3) is 5.54. The van der Waals surface area contributed by atoms with E-state index in [1.54, 1.807) is 0 Å². The molecule has 0 spiro atoms. The van der Waals surface area contributed by atoms with Crippen LogP contribution in [0.1, 0.15) is 37.8 Å². The minimum absolute atomic E-state index is 0.0458. The number of fused-ring (bicyclic) bond motifs is 2. The van der Waals surface area contributed by atoms with Crippen molar-refractivity contribution in [1.29, 1.82) is 0 Å². The number of nitrogens with zero attached hydrogens (tertiary/aromatic N) is 6. The van der Waals surface area contributed by atoms with Gasteiger partial charge in [-0.15, -0.1) is 10.2 Å². The second-order valence-electron chi connectivity index (χ2n) is 9.47. The molecule has 9 nitrogen and oxygen atoms in total. The fourth-order valence-electron chi connectivity index (χ4n) is 4.92. The Hall–Kier alpha value is -2.60. The van der Waals surface area contributed by atoms with E-state index in [1.165, 1.54) is 55.2 Å². The first kappa shape index (κ1) is 23.8. The van der Waals surface area contributed by atoms with Crippen LogP contribution in [0, 0.1) is 5.92 Å². The van der Waals surface area contributed by atoms with Crippen molar-refractivity contribution in [2.75, 3.05) is 38.2 Å². The number of carbonyl (C=O) groups is 1. The number of aromatic nitrogens is 5. The third-order valence-electron chi connectivity index (χ3n) is 6.80. The van der Waals surface area contributed by atoms with Gasteiger partial charge in [0.2, 0.25) is 11.1 Å². The van der Waals surface area contributed by atoms with Crippen molar-refractivity contribution < 1.29 is 9.53 Å². The molecule has 4 aromatic rings. The zero-order valence-electron chi connectivity index (χ0n) is 20.1. The lowest BCUT2D eigenvalue weighted by atomic mass is 9.86. The standard InChI is InChI=1S/C25H29N7O2S2/c33-23(16-31-10-12-34-13-11-31)27-24-26-20-8-7-19(15-21(20)36-24)35-25-29-28-22-9-6-18(30-32(22)25)14-17-4-2-1-3-5-17/h6-9,15,17H,1-5,10-14,16H2,(H,26,27,33). The Morgan fingerprint density at radius 2 is 1.97 bits per heavy atom. The lowest BCUT2D eigenvalue weighted by Crippen LogP contribution is -2.41. The van der Waals surface area contributed by atoms with Crippen molar-refractivity contribution in [3.63, 3.8) is 0 Å². The molecule has 0 atom stereocenters. The normalized spacial score (nSPS) is 17.7. The summed E-state index contributed by atoms with van der Waals surface area (Å²) in [5.41, 5.74) is 2.73. The maximum absolute atomic E-state index is 12.5. The number of amides is 1. The van der Waals surface area contributed by atoms with E-state index in [9.17, 15) is 4.79 Å². The summed E-state index contributed by atoms with van der Waals surface area (Å²) in [6.45, 7) is 3.27. The molecule has 0 radical (unpaired) electrons. The van der Waals surface area contributed by atoms with Crippen LogP contribution in [0.4, 0.5) is 5.13 Å². The number of hydrogen-bond acceptors (Lipinski definition) is 9. The molecular weight excluding hydrogens is 494 g/mol. The van der Waals surface area contributed by atoms with Crippen molar-refractivity contribution in [3.05, 3.63) is 36.0 Å². The SMILES string of the molecule is O=C(CN1CCOCC1)Nc1nc2ccc(Sc3nnc4ccc(CC5CCCCC5)nn34)cc2s1.